The van der Waals surface area contributed by atoms with Gasteiger partial charge in [0.25, 0.3) is 0 Å². The molecule has 3 rings (SSSR count). The molecule has 2 aliphatic heterocycles. The second kappa shape index (κ2) is 7.85. The van der Waals surface area contributed by atoms with Crippen LogP contribution >= 0.6 is 0 Å². The number of nitrogens with zero attached hydrogens (tertiary/aromatic N) is 2. The van der Waals surface area contributed by atoms with Gasteiger partial charge in [-0.3, -0.25) is 15.0 Å². The van der Waals surface area contributed by atoms with E-state index in [9.17, 15) is 4.79 Å². The van der Waals surface area contributed by atoms with Gasteiger partial charge in [0.2, 0.25) is 5.91 Å². The second-order valence-corrected chi connectivity index (χ2v) is 6.52. The van der Waals surface area contributed by atoms with E-state index in [0.717, 1.165) is 50.5 Å². The number of methoxy groups -OCH3 is 1. The third-order valence-corrected chi connectivity index (χ3v) is 4.87. The van der Waals surface area contributed by atoms with Crippen molar-refractivity contribution in [2.45, 2.75) is 38.5 Å². The molecular formula is C18H28N4O2. The van der Waals surface area contributed by atoms with E-state index in [1.165, 1.54) is 0 Å². The topological polar surface area (TPSA) is 56.8 Å². The van der Waals surface area contributed by atoms with Crippen molar-refractivity contribution in [1.29, 1.82) is 0 Å². The number of benzene rings is 1. The molecule has 1 aromatic rings. The molecule has 0 bridgehead atoms. The van der Waals surface area contributed by atoms with Crippen molar-refractivity contribution in [2.24, 2.45) is 0 Å². The second-order valence-electron chi connectivity index (χ2n) is 6.52. The molecule has 0 aromatic heterocycles. The van der Waals surface area contributed by atoms with E-state index in [2.05, 4.69) is 33.4 Å². The predicted molar refractivity (Wildman–Crippen MR) is 95.2 cm³/mol. The molecule has 2 fully saturated rings. The fourth-order valence-corrected chi connectivity index (χ4v) is 3.60. The molecule has 2 N–H and O–H groups in total. The summed E-state index contributed by atoms with van der Waals surface area (Å²) in [6.45, 7) is 5.83. The lowest BCUT2D eigenvalue weighted by molar-refractivity contribution is -0.127. The number of hydrogen-bond donors (Lipinski definition) is 2. The molecule has 0 radical (unpaired) electrons. The minimum atomic E-state index is -0.0392. The van der Waals surface area contributed by atoms with Crippen LogP contribution in [-0.4, -0.2) is 56.4 Å². The summed E-state index contributed by atoms with van der Waals surface area (Å²) in [7, 11) is 1.71. The molecule has 1 amide bonds. The van der Waals surface area contributed by atoms with Crippen molar-refractivity contribution >= 4 is 11.6 Å². The Hall–Kier alpha value is -1.79. The summed E-state index contributed by atoms with van der Waals surface area (Å²) in [5.41, 5.74) is 1.14. The SMILES string of the molecule is CCCC1CC(=O)NC(N2CCN(c3ccccc3OC)CC2)N1. The fraction of sp³-hybridized carbons (Fsp3) is 0.611. The fourth-order valence-electron chi connectivity index (χ4n) is 3.60. The molecule has 2 unspecified atom stereocenters. The van der Waals surface area contributed by atoms with E-state index < -0.39 is 0 Å². The van der Waals surface area contributed by atoms with Crippen molar-refractivity contribution in [3.63, 3.8) is 0 Å². The van der Waals surface area contributed by atoms with Crippen molar-refractivity contribution in [1.82, 2.24) is 15.5 Å². The maximum Gasteiger partial charge on any atom is 0.223 e. The third-order valence-electron chi connectivity index (χ3n) is 4.87. The smallest absolute Gasteiger partial charge is 0.223 e. The first-order valence-electron chi connectivity index (χ1n) is 8.88. The molecule has 2 saturated heterocycles. The van der Waals surface area contributed by atoms with Crippen LogP contribution < -0.4 is 20.3 Å². The predicted octanol–water partition coefficient (Wildman–Crippen LogP) is 1.38. The normalized spacial score (nSPS) is 25.4. The molecule has 6 nitrogen and oxygen atoms in total. The third kappa shape index (κ3) is 3.82. The number of para-hydroxylation sites is 2. The van der Waals surface area contributed by atoms with Gasteiger partial charge in [0, 0.05) is 38.6 Å². The summed E-state index contributed by atoms with van der Waals surface area (Å²) in [6, 6.07) is 8.43. The molecule has 2 heterocycles. The van der Waals surface area contributed by atoms with Gasteiger partial charge in [-0.2, -0.15) is 0 Å². The van der Waals surface area contributed by atoms with Crippen LogP contribution in [0.5, 0.6) is 5.75 Å². The van der Waals surface area contributed by atoms with Gasteiger partial charge in [0.1, 0.15) is 12.0 Å². The van der Waals surface area contributed by atoms with Crippen molar-refractivity contribution in [2.75, 3.05) is 38.2 Å². The van der Waals surface area contributed by atoms with Crippen molar-refractivity contribution in [3.8, 4) is 5.75 Å². The number of amides is 1. The molecule has 2 atom stereocenters. The van der Waals surface area contributed by atoms with Gasteiger partial charge in [0.05, 0.1) is 12.8 Å². The van der Waals surface area contributed by atoms with Gasteiger partial charge < -0.3 is 15.0 Å². The van der Waals surface area contributed by atoms with Crippen molar-refractivity contribution in [3.05, 3.63) is 24.3 Å². The number of nitrogens with one attached hydrogen (secondary N) is 2. The zero-order chi connectivity index (χ0) is 16.9. The summed E-state index contributed by atoms with van der Waals surface area (Å²) >= 11 is 0. The van der Waals surface area contributed by atoms with Gasteiger partial charge >= 0.3 is 0 Å². The lowest BCUT2D eigenvalue weighted by Crippen LogP contribution is -2.66. The van der Waals surface area contributed by atoms with Gasteiger partial charge in [-0.25, -0.2) is 0 Å². The Kier molecular flexibility index (Phi) is 5.58. The molecule has 0 aliphatic carbocycles. The highest BCUT2D eigenvalue weighted by molar-refractivity contribution is 5.77. The highest BCUT2D eigenvalue weighted by Gasteiger charge is 2.31. The summed E-state index contributed by atoms with van der Waals surface area (Å²) in [5, 5.41) is 6.67. The van der Waals surface area contributed by atoms with Gasteiger partial charge in [-0.15, -0.1) is 0 Å². The standard InChI is InChI=1S/C18H28N4O2/c1-3-6-14-13-17(23)20-18(19-14)22-11-9-21(10-12-22)15-7-4-5-8-16(15)24-2/h4-5,7-8,14,18-19H,3,6,9-13H2,1-2H3,(H,20,23). The zero-order valence-electron chi connectivity index (χ0n) is 14.6. The maximum absolute atomic E-state index is 12.0. The quantitative estimate of drug-likeness (QED) is 0.853. The van der Waals surface area contributed by atoms with E-state index in [1.807, 2.05) is 18.2 Å². The van der Waals surface area contributed by atoms with E-state index in [0.29, 0.717) is 12.5 Å². The number of carbonyl (C=O) groups excluding carboxylic acids is 1. The summed E-state index contributed by atoms with van der Waals surface area (Å²) in [6.07, 6.45) is 2.69. The van der Waals surface area contributed by atoms with Gasteiger partial charge in [0.15, 0.2) is 0 Å². The largest absolute Gasteiger partial charge is 0.495 e. The van der Waals surface area contributed by atoms with Crippen LogP contribution in [0.1, 0.15) is 26.2 Å². The van der Waals surface area contributed by atoms with Crippen LogP contribution in [0.2, 0.25) is 0 Å². The van der Waals surface area contributed by atoms with Crippen LogP contribution in [0, 0.1) is 0 Å². The van der Waals surface area contributed by atoms with Crippen LogP contribution in [0.25, 0.3) is 0 Å². The molecule has 0 saturated carbocycles. The number of piperazine rings is 1. The number of ether oxygens (including phenoxy) is 1. The number of anilines is 1. The maximum atomic E-state index is 12.0. The first-order valence-corrected chi connectivity index (χ1v) is 8.88. The molecular weight excluding hydrogens is 304 g/mol. The Morgan fingerprint density at radius 3 is 2.67 bits per heavy atom. The highest BCUT2D eigenvalue weighted by atomic mass is 16.5. The first kappa shape index (κ1) is 17.0. The molecule has 24 heavy (non-hydrogen) atoms. The first-order chi connectivity index (χ1) is 11.7. The Morgan fingerprint density at radius 1 is 1.21 bits per heavy atom. The molecule has 1 aromatic carbocycles. The highest BCUT2D eigenvalue weighted by Crippen LogP contribution is 2.28. The Morgan fingerprint density at radius 2 is 1.96 bits per heavy atom. The molecule has 6 heteroatoms. The number of hydrogen-bond acceptors (Lipinski definition) is 5. The lowest BCUT2D eigenvalue weighted by Gasteiger charge is -2.43. The Labute approximate surface area is 144 Å². The van der Waals surface area contributed by atoms with Crippen LogP contribution in [0.3, 0.4) is 0 Å². The number of carbonyl (C=O) groups is 1. The van der Waals surface area contributed by atoms with Crippen molar-refractivity contribution < 1.29 is 9.53 Å². The Balaban J connectivity index is 1.59. The summed E-state index contributed by atoms with van der Waals surface area (Å²) in [4.78, 5) is 16.6. The van der Waals surface area contributed by atoms with E-state index in [4.69, 9.17) is 4.74 Å². The molecule has 2 aliphatic rings. The van der Waals surface area contributed by atoms with Gasteiger partial charge in [-0.05, 0) is 18.6 Å². The van der Waals surface area contributed by atoms with Crippen LogP contribution in [0.15, 0.2) is 24.3 Å². The monoisotopic (exact) mass is 332 g/mol. The molecule has 0 spiro atoms. The zero-order valence-corrected chi connectivity index (χ0v) is 14.6. The number of rotatable bonds is 5. The molecule has 132 valence electrons. The minimum absolute atomic E-state index is 0.0392. The average molecular weight is 332 g/mol. The average Bonchev–Trinajstić information content (AvgIpc) is 2.61. The lowest BCUT2D eigenvalue weighted by atomic mass is 10.1. The van der Waals surface area contributed by atoms with Crippen LogP contribution in [0.4, 0.5) is 5.69 Å². The van der Waals surface area contributed by atoms with E-state index in [-0.39, 0.29) is 12.2 Å². The summed E-state index contributed by atoms with van der Waals surface area (Å²) in [5.74, 6) is 1.07. The van der Waals surface area contributed by atoms with E-state index in [1.54, 1.807) is 7.11 Å². The van der Waals surface area contributed by atoms with E-state index >= 15 is 0 Å². The minimum Gasteiger partial charge on any atom is -0.495 e. The van der Waals surface area contributed by atoms with Crippen LogP contribution in [-0.2, 0) is 4.79 Å². The summed E-state index contributed by atoms with van der Waals surface area (Å²) < 4.78 is 5.47. The Bertz CT molecular complexity index is 558. The van der Waals surface area contributed by atoms with Gasteiger partial charge in [-0.1, -0.05) is 25.5 Å².